The Morgan fingerprint density at radius 1 is 1.09 bits per heavy atom. The smallest absolute Gasteiger partial charge is 0.416 e. The van der Waals surface area contributed by atoms with Crippen LogP contribution in [0, 0.1) is 0 Å². The molecule has 0 spiro atoms. The molecule has 1 atom stereocenters. The first kappa shape index (κ1) is 23.7. The summed E-state index contributed by atoms with van der Waals surface area (Å²) in [7, 11) is 4.35. The third kappa shape index (κ3) is 4.48. The Morgan fingerprint density at radius 2 is 1.75 bits per heavy atom. The molecule has 3 rings (SSSR count). The normalized spacial score (nSPS) is 18.5. The van der Waals surface area contributed by atoms with Gasteiger partial charge in [-0.2, -0.15) is 13.2 Å². The predicted octanol–water partition coefficient (Wildman–Crippen LogP) is 3.90. The second-order valence-electron chi connectivity index (χ2n) is 7.72. The molecule has 9 heteroatoms. The molecule has 1 aliphatic heterocycles. The summed E-state index contributed by atoms with van der Waals surface area (Å²) in [6.07, 6.45) is -3.79. The van der Waals surface area contributed by atoms with Crippen LogP contribution in [0.2, 0.25) is 0 Å². The summed E-state index contributed by atoms with van der Waals surface area (Å²) >= 11 is 0. The zero-order chi connectivity index (χ0) is 23.5. The highest BCUT2D eigenvalue weighted by Gasteiger charge is 2.42. The molecule has 1 heterocycles. The van der Waals surface area contributed by atoms with Crippen molar-refractivity contribution in [1.82, 2.24) is 4.90 Å². The Hall–Kier alpha value is -2.94. The van der Waals surface area contributed by atoms with E-state index in [2.05, 4.69) is 0 Å². The summed E-state index contributed by atoms with van der Waals surface area (Å²) < 4.78 is 55.7. The van der Waals surface area contributed by atoms with Crippen LogP contribution in [0.3, 0.4) is 0 Å². The topological polar surface area (TPSA) is 68.2 Å². The highest BCUT2D eigenvalue weighted by atomic mass is 19.4. The fourth-order valence-corrected chi connectivity index (χ4v) is 4.26. The third-order valence-electron chi connectivity index (χ3n) is 5.95. The number of nitrogens with zero attached hydrogens (tertiary/aromatic N) is 1. The lowest BCUT2D eigenvalue weighted by molar-refractivity contribution is -0.137. The lowest BCUT2D eigenvalue weighted by atomic mass is 9.76. The molecule has 174 valence electrons. The molecular formula is C23H26F3NO5. The maximum Gasteiger partial charge on any atom is 0.416 e. The highest BCUT2D eigenvalue weighted by molar-refractivity contribution is 5.96. The molecule has 0 bridgehead atoms. The van der Waals surface area contributed by atoms with Gasteiger partial charge in [-0.05, 0) is 36.6 Å². The first-order valence-electron chi connectivity index (χ1n) is 10.1. The van der Waals surface area contributed by atoms with Crippen LogP contribution < -0.4 is 14.2 Å². The maximum absolute atomic E-state index is 13.3. The summed E-state index contributed by atoms with van der Waals surface area (Å²) in [5.41, 5.74) is -0.751. The minimum Gasteiger partial charge on any atom is -0.493 e. The van der Waals surface area contributed by atoms with E-state index in [1.807, 2.05) is 0 Å². The standard InChI is InChI=1S/C23H26F3NO5/c1-30-18-11-15(12-19(31-2)20(18)32-3)21(29)27-9-7-22(14-27,8-10-28)16-5-4-6-17(13-16)23(24,25)26/h4-6,11-13,28H,7-10,14H2,1-3H3. The van der Waals surface area contributed by atoms with Crippen LogP contribution in [0.5, 0.6) is 17.2 Å². The van der Waals surface area contributed by atoms with E-state index >= 15 is 0 Å². The van der Waals surface area contributed by atoms with Crippen LogP contribution in [0.4, 0.5) is 13.2 Å². The van der Waals surface area contributed by atoms with Crippen molar-refractivity contribution in [3.8, 4) is 17.2 Å². The number of alkyl halides is 3. The van der Waals surface area contributed by atoms with Crippen LogP contribution in [0.15, 0.2) is 36.4 Å². The summed E-state index contributed by atoms with van der Waals surface area (Å²) in [6, 6.07) is 8.20. The minimum atomic E-state index is -4.47. The molecule has 0 radical (unpaired) electrons. The van der Waals surface area contributed by atoms with E-state index in [4.69, 9.17) is 14.2 Å². The van der Waals surface area contributed by atoms with Gasteiger partial charge in [-0.1, -0.05) is 18.2 Å². The summed E-state index contributed by atoms with van der Waals surface area (Å²) in [5, 5.41) is 9.65. The number of benzene rings is 2. The second-order valence-corrected chi connectivity index (χ2v) is 7.72. The van der Waals surface area contributed by atoms with Gasteiger partial charge in [0.2, 0.25) is 5.75 Å². The maximum atomic E-state index is 13.3. The Bertz CT molecular complexity index is 953. The molecule has 1 aliphatic rings. The van der Waals surface area contributed by atoms with E-state index in [9.17, 15) is 23.1 Å². The summed E-state index contributed by atoms with van der Waals surface area (Å²) in [4.78, 5) is 14.8. The van der Waals surface area contributed by atoms with E-state index in [1.54, 1.807) is 23.1 Å². The van der Waals surface area contributed by atoms with Gasteiger partial charge in [-0.15, -0.1) is 0 Å². The quantitative estimate of drug-likeness (QED) is 0.689. The number of aliphatic hydroxyl groups excluding tert-OH is 1. The molecule has 0 saturated carbocycles. The average molecular weight is 453 g/mol. The van der Waals surface area contributed by atoms with Gasteiger partial charge in [0.25, 0.3) is 5.91 Å². The Labute approximate surface area is 184 Å². The van der Waals surface area contributed by atoms with Gasteiger partial charge in [0.05, 0.1) is 26.9 Å². The molecule has 1 unspecified atom stereocenters. The van der Waals surface area contributed by atoms with Crippen molar-refractivity contribution >= 4 is 5.91 Å². The number of aliphatic hydroxyl groups is 1. The van der Waals surface area contributed by atoms with Gasteiger partial charge in [-0.3, -0.25) is 4.79 Å². The van der Waals surface area contributed by atoms with E-state index in [0.29, 0.717) is 41.3 Å². The molecule has 1 amide bonds. The zero-order valence-corrected chi connectivity index (χ0v) is 18.2. The van der Waals surface area contributed by atoms with Gasteiger partial charge in [0.15, 0.2) is 11.5 Å². The second kappa shape index (κ2) is 9.28. The fraction of sp³-hybridized carbons (Fsp3) is 0.435. The van der Waals surface area contributed by atoms with Crippen molar-refractivity contribution in [3.05, 3.63) is 53.1 Å². The minimum absolute atomic E-state index is 0.185. The van der Waals surface area contributed by atoms with Crippen molar-refractivity contribution in [1.29, 1.82) is 0 Å². The lowest BCUT2D eigenvalue weighted by Crippen LogP contribution is -2.35. The summed E-state index contributed by atoms with van der Waals surface area (Å²) in [5.74, 6) is 0.699. The molecule has 1 fully saturated rings. The number of hydrogen-bond donors (Lipinski definition) is 1. The first-order chi connectivity index (χ1) is 15.2. The number of ether oxygens (including phenoxy) is 3. The number of halogens is 3. The third-order valence-corrected chi connectivity index (χ3v) is 5.95. The highest BCUT2D eigenvalue weighted by Crippen LogP contribution is 2.42. The number of carbonyl (C=O) groups is 1. The molecule has 32 heavy (non-hydrogen) atoms. The molecule has 2 aromatic rings. The van der Waals surface area contributed by atoms with E-state index in [1.165, 1.54) is 27.4 Å². The van der Waals surface area contributed by atoms with Gasteiger partial charge < -0.3 is 24.2 Å². The van der Waals surface area contributed by atoms with Crippen LogP contribution in [0.25, 0.3) is 0 Å². The van der Waals surface area contributed by atoms with Crippen molar-refractivity contribution in [2.75, 3.05) is 41.0 Å². The first-order valence-corrected chi connectivity index (χ1v) is 10.1. The van der Waals surface area contributed by atoms with Crippen LogP contribution >= 0.6 is 0 Å². The monoisotopic (exact) mass is 453 g/mol. The Balaban J connectivity index is 1.94. The number of hydrogen-bond acceptors (Lipinski definition) is 5. The van der Waals surface area contributed by atoms with E-state index in [-0.39, 0.29) is 25.5 Å². The van der Waals surface area contributed by atoms with Gasteiger partial charge in [0, 0.05) is 30.7 Å². The van der Waals surface area contributed by atoms with E-state index in [0.717, 1.165) is 12.1 Å². The SMILES string of the molecule is COc1cc(C(=O)N2CCC(CCO)(c3cccc(C(F)(F)F)c3)C2)cc(OC)c1OC. The largest absolute Gasteiger partial charge is 0.493 e. The van der Waals surface area contributed by atoms with Crippen molar-refractivity contribution in [3.63, 3.8) is 0 Å². The van der Waals surface area contributed by atoms with Crippen LogP contribution in [-0.2, 0) is 11.6 Å². The molecule has 0 aliphatic carbocycles. The predicted molar refractivity (Wildman–Crippen MR) is 111 cm³/mol. The molecule has 1 saturated heterocycles. The lowest BCUT2D eigenvalue weighted by Gasteiger charge is -2.30. The average Bonchev–Trinajstić information content (AvgIpc) is 3.22. The van der Waals surface area contributed by atoms with Gasteiger partial charge in [-0.25, -0.2) is 0 Å². The summed E-state index contributed by atoms with van der Waals surface area (Å²) in [6.45, 7) is 0.318. The Morgan fingerprint density at radius 3 is 2.28 bits per heavy atom. The van der Waals surface area contributed by atoms with Crippen LogP contribution in [0.1, 0.15) is 34.3 Å². The van der Waals surface area contributed by atoms with Crippen molar-refractivity contribution < 1.29 is 37.3 Å². The van der Waals surface area contributed by atoms with Gasteiger partial charge >= 0.3 is 6.18 Å². The fourth-order valence-electron chi connectivity index (χ4n) is 4.26. The molecule has 1 N–H and O–H groups in total. The number of methoxy groups -OCH3 is 3. The van der Waals surface area contributed by atoms with Crippen LogP contribution in [-0.4, -0.2) is 56.9 Å². The molecule has 6 nitrogen and oxygen atoms in total. The number of rotatable bonds is 7. The van der Waals surface area contributed by atoms with E-state index < -0.39 is 17.2 Å². The molecule has 2 aromatic carbocycles. The van der Waals surface area contributed by atoms with Gasteiger partial charge in [0.1, 0.15) is 0 Å². The molecule has 0 aromatic heterocycles. The Kier molecular flexibility index (Phi) is 6.88. The number of likely N-dealkylation sites (tertiary alicyclic amines) is 1. The van der Waals surface area contributed by atoms with Crippen molar-refractivity contribution in [2.24, 2.45) is 0 Å². The zero-order valence-electron chi connectivity index (χ0n) is 18.2. The number of carbonyl (C=O) groups excluding carboxylic acids is 1. The molecular weight excluding hydrogens is 427 g/mol. The number of amides is 1. The van der Waals surface area contributed by atoms with Crippen molar-refractivity contribution in [2.45, 2.75) is 24.4 Å².